The van der Waals surface area contributed by atoms with Crippen LogP contribution in [0.1, 0.15) is 17.0 Å². The SMILES string of the molecule is O=C(O)NCC1CCN(C(=O)c2cc3cc(Cl)ccc3o2)C1. The van der Waals surface area contributed by atoms with Gasteiger partial charge in [0.05, 0.1) is 0 Å². The van der Waals surface area contributed by atoms with E-state index in [0.717, 1.165) is 11.8 Å². The molecule has 2 aromatic rings. The Labute approximate surface area is 131 Å². The quantitative estimate of drug-likeness (QED) is 0.910. The maximum atomic E-state index is 12.4. The minimum absolute atomic E-state index is 0.138. The predicted molar refractivity (Wildman–Crippen MR) is 81.3 cm³/mol. The number of carbonyl (C=O) groups is 2. The maximum Gasteiger partial charge on any atom is 0.404 e. The van der Waals surface area contributed by atoms with Crippen molar-refractivity contribution in [3.05, 3.63) is 35.0 Å². The molecular weight excluding hydrogens is 308 g/mol. The van der Waals surface area contributed by atoms with Crippen LogP contribution in [0.4, 0.5) is 4.79 Å². The lowest BCUT2D eigenvalue weighted by atomic mass is 10.1. The number of carboxylic acid groups (broad SMARTS) is 1. The van der Waals surface area contributed by atoms with E-state index in [1.807, 2.05) is 0 Å². The Balaban J connectivity index is 1.69. The van der Waals surface area contributed by atoms with E-state index in [9.17, 15) is 9.59 Å². The second-order valence-corrected chi connectivity index (χ2v) is 5.82. The first kappa shape index (κ1) is 14.7. The largest absolute Gasteiger partial charge is 0.465 e. The predicted octanol–water partition coefficient (Wildman–Crippen LogP) is 2.82. The molecule has 0 saturated carbocycles. The number of nitrogens with zero attached hydrogens (tertiary/aromatic N) is 1. The van der Waals surface area contributed by atoms with E-state index in [-0.39, 0.29) is 17.6 Å². The van der Waals surface area contributed by atoms with E-state index >= 15 is 0 Å². The van der Waals surface area contributed by atoms with E-state index in [1.54, 1.807) is 29.2 Å². The molecule has 22 heavy (non-hydrogen) atoms. The van der Waals surface area contributed by atoms with Gasteiger partial charge in [-0.05, 0) is 36.6 Å². The van der Waals surface area contributed by atoms with Crippen molar-refractivity contribution in [2.24, 2.45) is 5.92 Å². The smallest absolute Gasteiger partial charge is 0.404 e. The molecule has 2 amide bonds. The molecule has 1 unspecified atom stereocenters. The maximum absolute atomic E-state index is 12.4. The number of furan rings is 1. The summed E-state index contributed by atoms with van der Waals surface area (Å²) >= 11 is 5.92. The molecule has 1 aromatic carbocycles. The van der Waals surface area contributed by atoms with Gasteiger partial charge in [0.15, 0.2) is 5.76 Å². The summed E-state index contributed by atoms with van der Waals surface area (Å²) in [6.45, 7) is 1.48. The van der Waals surface area contributed by atoms with Crippen LogP contribution in [0.5, 0.6) is 0 Å². The Morgan fingerprint density at radius 2 is 2.23 bits per heavy atom. The van der Waals surface area contributed by atoms with Crippen molar-refractivity contribution in [1.82, 2.24) is 10.2 Å². The van der Waals surface area contributed by atoms with Gasteiger partial charge in [0.25, 0.3) is 5.91 Å². The van der Waals surface area contributed by atoms with Crippen molar-refractivity contribution in [3.8, 4) is 0 Å². The number of halogens is 1. The Hall–Kier alpha value is -2.21. The highest BCUT2D eigenvalue weighted by atomic mass is 35.5. The molecule has 1 aliphatic heterocycles. The number of rotatable bonds is 3. The average molecular weight is 323 g/mol. The highest BCUT2D eigenvalue weighted by Gasteiger charge is 2.28. The van der Waals surface area contributed by atoms with Gasteiger partial charge in [-0.25, -0.2) is 4.79 Å². The summed E-state index contributed by atoms with van der Waals surface area (Å²) in [5.74, 6) is 0.244. The van der Waals surface area contributed by atoms with Crippen LogP contribution in [0, 0.1) is 5.92 Å². The van der Waals surface area contributed by atoms with Gasteiger partial charge < -0.3 is 19.7 Å². The van der Waals surface area contributed by atoms with Gasteiger partial charge in [0, 0.05) is 30.0 Å². The van der Waals surface area contributed by atoms with E-state index in [0.29, 0.717) is 30.2 Å². The first-order valence-corrected chi connectivity index (χ1v) is 7.36. The van der Waals surface area contributed by atoms with E-state index < -0.39 is 6.09 Å². The number of amides is 2. The number of hydrogen-bond acceptors (Lipinski definition) is 3. The number of fused-ring (bicyclic) bond motifs is 1. The van der Waals surface area contributed by atoms with Gasteiger partial charge in [-0.3, -0.25) is 4.79 Å². The lowest BCUT2D eigenvalue weighted by molar-refractivity contribution is 0.0758. The summed E-state index contributed by atoms with van der Waals surface area (Å²) in [4.78, 5) is 24.6. The van der Waals surface area contributed by atoms with Crippen LogP contribution >= 0.6 is 11.6 Å². The monoisotopic (exact) mass is 322 g/mol. The third kappa shape index (κ3) is 3.01. The third-order valence-electron chi connectivity index (χ3n) is 3.80. The Kier molecular flexibility index (Phi) is 3.94. The van der Waals surface area contributed by atoms with Crippen LogP contribution < -0.4 is 5.32 Å². The Bertz CT molecular complexity index is 727. The highest BCUT2D eigenvalue weighted by molar-refractivity contribution is 6.31. The summed E-state index contributed by atoms with van der Waals surface area (Å²) in [7, 11) is 0. The molecule has 7 heteroatoms. The summed E-state index contributed by atoms with van der Waals surface area (Å²) < 4.78 is 5.57. The van der Waals surface area contributed by atoms with E-state index in [4.69, 9.17) is 21.1 Å². The summed E-state index contributed by atoms with van der Waals surface area (Å²) in [5.41, 5.74) is 0.621. The van der Waals surface area contributed by atoms with Crippen LogP contribution in [0.15, 0.2) is 28.7 Å². The van der Waals surface area contributed by atoms with Gasteiger partial charge in [0.1, 0.15) is 5.58 Å². The molecule has 1 aliphatic rings. The van der Waals surface area contributed by atoms with Crippen LogP contribution in [-0.2, 0) is 0 Å². The molecule has 0 bridgehead atoms. The normalized spacial score (nSPS) is 17.9. The molecule has 0 aliphatic carbocycles. The van der Waals surface area contributed by atoms with Crippen molar-refractivity contribution in [1.29, 1.82) is 0 Å². The molecule has 1 aromatic heterocycles. The zero-order chi connectivity index (χ0) is 15.7. The summed E-state index contributed by atoms with van der Waals surface area (Å²) in [5, 5.41) is 12.3. The van der Waals surface area contributed by atoms with Crippen LogP contribution in [-0.4, -0.2) is 41.6 Å². The first-order valence-electron chi connectivity index (χ1n) is 6.98. The summed E-state index contributed by atoms with van der Waals surface area (Å²) in [6, 6.07) is 6.89. The number of hydrogen-bond donors (Lipinski definition) is 2. The second kappa shape index (κ2) is 5.88. The van der Waals surface area contributed by atoms with E-state index in [2.05, 4.69) is 5.32 Å². The average Bonchev–Trinajstić information content (AvgIpc) is 3.10. The zero-order valence-corrected chi connectivity index (χ0v) is 12.5. The van der Waals surface area contributed by atoms with Crippen molar-refractivity contribution in [2.45, 2.75) is 6.42 Å². The molecule has 2 N–H and O–H groups in total. The molecule has 2 heterocycles. The minimum Gasteiger partial charge on any atom is -0.465 e. The standard InChI is InChI=1S/C15H15ClN2O4/c16-11-1-2-12-10(5-11)6-13(22-12)14(19)18-4-3-9(8-18)7-17-15(20)21/h1-2,5-6,9,17H,3-4,7-8H2,(H,20,21). The summed E-state index contributed by atoms with van der Waals surface area (Å²) in [6.07, 6.45) is -0.267. The lowest BCUT2D eigenvalue weighted by Gasteiger charge is -2.14. The lowest BCUT2D eigenvalue weighted by Crippen LogP contribution is -2.32. The van der Waals surface area contributed by atoms with Gasteiger partial charge >= 0.3 is 6.09 Å². The third-order valence-corrected chi connectivity index (χ3v) is 4.04. The molecule has 0 radical (unpaired) electrons. The Morgan fingerprint density at radius 3 is 3.00 bits per heavy atom. The minimum atomic E-state index is -1.04. The van der Waals surface area contributed by atoms with Crippen molar-refractivity contribution < 1.29 is 19.1 Å². The van der Waals surface area contributed by atoms with Crippen LogP contribution in [0.2, 0.25) is 5.02 Å². The van der Waals surface area contributed by atoms with Gasteiger partial charge in [-0.15, -0.1) is 0 Å². The zero-order valence-electron chi connectivity index (χ0n) is 11.7. The number of nitrogens with one attached hydrogen (secondary N) is 1. The van der Waals surface area contributed by atoms with Crippen molar-refractivity contribution in [2.75, 3.05) is 19.6 Å². The molecule has 1 fully saturated rings. The highest BCUT2D eigenvalue weighted by Crippen LogP contribution is 2.25. The topological polar surface area (TPSA) is 82.8 Å². The van der Waals surface area contributed by atoms with E-state index in [1.165, 1.54) is 0 Å². The molecule has 1 saturated heterocycles. The number of likely N-dealkylation sites (tertiary alicyclic amines) is 1. The molecule has 0 spiro atoms. The van der Waals surface area contributed by atoms with Gasteiger partial charge in [0.2, 0.25) is 0 Å². The molecule has 6 nitrogen and oxygen atoms in total. The first-order chi connectivity index (χ1) is 10.5. The number of carbonyl (C=O) groups excluding carboxylic acids is 1. The van der Waals surface area contributed by atoms with Crippen molar-refractivity contribution in [3.63, 3.8) is 0 Å². The fourth-order valence-corrected chi connectivity index (χ4v) is 2.87. The van der Waals surface area contributed by atoms with Crippen LogP contribution in [0.25, 0.3) is 11.0 Å². The number of benzene rings is 1. The van der Waals surface area contributed by atoms with Gasteiger partial charge in [-0.2, -0.15) is 0 Å². The molecular formula is C15H15ClN2O4. The molecule has 1 atom stereocenters. The fraction of sp³-hybridized carbons (Fsp3) is 0.333. The Morgan fingerprint density at radius 1 is 1.41 bits per heavy atom. The van der Waals surface area contributed by atoms with Crippen molar-refractivity contribution >= 4 is 34.6 Å². The molecule has 3 rings (SSSR count). The van der Waals surface area contributed by atoms with Gasteiger partial charge in [-0.1, -0.05) is 11.6 Å². The second-order valence-electron chi connectivity index (χ2n) is 5.38. The molecule has 116 valence electrons. The fourth-order valence-electron chi connectivity index (χ4n) is 2.69. The van der Waals surface area contributed by atoms with Crippen LogP contribution in [0.3, 0.4) is 0 Å².